The molecule has 0 saturated heterocycles. The fourth-order valence-corrected chi connectivity index (χ4v) is 2.36. The third-order valence-electron chi connectivity index (χ3n) is 3.10. The summed E-state index contributed by atoms with van der Waals surface area (Å²) in [5.74, 6) is 0.579. The number of imidazole rings is 1. The number of benzene rings is 1. The number of nitrogens with zero attached hydrogens (tertiary/aromatic N) is 5. The monoisotopic (exact) mass is 305 g/mol. The first-order valence-electron chi connectivity index (χ1n) is 6.53. The van der Waals surface area contributed by atoms with Gasteiger partial charge >= 0.3 is 0 Å². The van der Waals surface area contributed by atoms with E-state index in [1.54, 1.807) is 18.5 Å². The molecule has 0 N–H and O–H groups in total. The Balaban J connectivity index is 1.86. The summed E-state index contributed by atoms with van der Waals surface area (Å²) < 4.78 is 16.9. The van der Waals surface area contributed by atoms with Crippen molar-refractivity contribution in [3.63, 3.8) is 0 Å². The van der Waals surface area contributed by atoms with Crippen LogP contribution < -0.4 is 0 Å². The Morgan fingerprint density at radius 1 is 1.29 bits per heavy atom. The first kappa shape index (κ1) is 13.8. The molecule has 5 nitrogen and oxygen atoms in total. The number of halogens is 2. The van der Waals surface area contributed by atoms with Crippen molar-refractivity contribution in [2.75, 3.05) is 0 Å². The van der Waals surface area contributed by atoms with Crippen LogP contribution in [0.3, 0.4) is 0 Å². The minimum atomic E-state index is -0.405. The van der Waals surface area contributed by atoms with Gasteiger partial charge in [-0.3, -0.25) is 0 Å². The molecule has 3 rings (SSSR count). The van der Waals surface area contributed by atoms with E-state index >= 15 is 0 Å². The molecule has 0 bridgehead atoms. The average Bonchev–Trinajstić information content (AvgIpc) is 3.07. The van der Waals surface area contributed by atoms with Crippen LogP contribution in [0.25, 0.3) is 5.69 Å². The minimum Gasteiger partial charge on any atom is -0.329 e. The molecule has 3 aromatic rings. The molecular weight excluding hydrogens is 293 g/mol. The average molecular weight is 306 g/mol. The third kappa shape index (κ3) is 2.95. The molecule has 108 valence electrons. The lowest BCUT2D eigenvalue weighted by Crippen LogP contribution is -2.03. The van der Waals surface area contributed by atoms with E-state index in [-0.39, 0.29) is 0 Å². The van der Waals surface area contributed by atoms with Crippen LogP contribution in [0, 0.1) is 5.82 Å². The maximum Gasteiger partial charge on any atom is 0.126 e. The van der Waals surface area contributed by atoms with Gasteiger partial charge in [-0.1, -0.05) is 23.7 Å². The van der Waals surface area contributed by atoms with Crippen molar-refractivity contribution in [3.8, 4) is 5.69 Å². The van der Waals surface area contributed by atoms with Crippen molar-refractivity contribution in [2.45, 2.75) is 19.9 Å². The van der Waals surface area contributed by atoms with Crippen molar-refractivity contribution in [1.29, 1.82) is 0 Å². The van der Waals surface area contributed by atoms with Gasteiger partial charge in [-0.05, 0) is 18.2 Å². The van der Waals surface area contributed by atoms with Gasteiger partial charge in [0.2, 0.25) is 0 Å². The Kier molecular flexibility index (Phi) is 3.70. The zero-order valence-electron chi connectivity index (χ0n) is 11.4. The van der Waals surface area contributed by atoms with E-state index in [1.165, 1.54) is 16.8 Å². The first-order chi connectivity index (χ1) is 10.2. The molecule has 0 radical (unpaired) electrons. The third-order valence-corrected chi connectivity index (χ3v) is 3.32. The Morgan fingerprint density at radius 3 is 2.90 bits per heavy atom. The van der Waals surface area contributed by atoms with E-state index in [1.807, 2.05) is 17.7 Å². The molecule has 0 aliphatic heterocycles. The smallest absolute Gasteiger partial charge is 0.126 e. The van der Waals surface area contributed by atoms with E-state index in [9.17, 15) is 4.39 Å². The molecule has 1 aromatic carbocycles. The van der Waals surface area contributed by atoms with Gasteiger partial charge in [-0.15, -0.1) is 5.10 Å². The Hall–Kier alpha value is -2.21. The van der Waals surface area contributed by atoms with E-state index in [2.05, 4.69) is 15.3 Å². The lowest BCUT2D eigenvalue weighted by atomic mass is 10.3. The molecule has 0 fully saturated rings. The van der Waals surface area contributed by atoms with Gasteiger partial charge < -0.3 is 4.57 Å². The SMILES string of the molecule is CCc1nccn1Cc1cn(-c2cc(F)cc(Cl)c2)nn1. The van der Waals surface area contributed by atoms with E-state index in [4.69, 9.17) is 11.6 Å². The van der Waals surface area contributed by atoms with Crippen molar-refractivity contribution in [3.05, 3.63) is 59.1 Å². The van der Waals surface area contributed by atoms with E-state index in [0.29, 0.717) is 17.3 Å². The van der Waals surface area contributed by atoms with Gasteiger partial charge in [0.25, 0.3) is 0 Å². The Labute approximate surface area is 126 Å². The highest BCUT2D eigenvalue weighted by atomic mass is 35.5. The number of hydrogen-bond donors (Lipinski definition) is 0. The molecule has 2 aromatic heterocycles. The fraction of sp³-hybridized carbons (Fsp3) is 0.214. The summed E-state index contributed by atoms with van der Waals surface area (Å²) in [4.78, 5) is 4.26. The summed E-state index contributed by atoms with van der Waals surface area (Å²) in [5.41, 5.74) is 1.31. The molecule has 0 spiro atoms. The van der Waals surface area contributed by atoms with Crippen molar-refractivity contribution in [1.82, 2.24) is 24.5 Å². The van der Waals surface area contributed by atoms with Crippen LogP contribution in [0.4, 0.5) is 4.39 Å². The molecule has 0 saturated carbocycles. The first-order valence-corrected chi connectivity index (χ1v) is 6.91. The second-order valence-corrected chi connectivity index (χ2v) is 5.04. The summed E-state index contributed by atoms with van der Waals surface area (Å²) >= 11 is 5.85. The maximum atomic E-state index is 13.4. The van der Waals surface area contributed by atoms with Crippen LogP contribution in [0.1, 0.15) is 18.4 Å². The van der Waals surface area contributed by atoms with Crippen LogP contribution in [0.2, 0.25) is 5.02 Å². The van der Waals surface area contributed by atoms with Crippen LogP contribution in [0.15, 0.2) is 36.8 Å². The molecule has 0 unspecified atom stereocenters. The molecule has 21 heavy (non-hydrogen) atoms. The molecule has 0 atom stereocenters. The number of aryl methyl sites for hydroxylation is 1. The van der Waals surface area contributed by atoms with Crippen LogP contribution in [-0.4, -0.2) is 24.5 Å². The Morgan fingerprint density at radius 2 is 2.14 bits per heavy atom. The fourth-order valence-electron chi connectivity index (χ4n) is 2.14. The van der Waals surface area contributed by atoms with Crippen molar-refractivity contribution in [2.24, 2.45) is 0 Å². The summed E-state index contributed by atoms with van der Waals surface area (Å²) in [7, 11) is 0. The largest absolute Gasteiger partial charge is 0.329 e. The molecule has 0 amide bonds. The molecule has 2 heterocycles. The lowest BCUT2D eigenvalue weighted by molar-refractivity contribution is 0.625. The summed E-state index contributed by atoms with van der Waals surface area (Å²) in [6, 6.07) is 4.25. The second-order valence-electron chi connectivity index (χ2n) is 4.61. The van der Waals surface area contributed by atoms with Gasteiger partial charge in [0.15, 0.2) is 0 Å². The highest BCUT2D eigenvalue weighted by Crippen LogP contribution is 2.17. The number of aromatic nitrogens is 5. The predicted molar refractivity (Wildman–Crippen MR) is 77.0 cm³/mol. The zero-order chi connectivity index (χ0) is 14.8. The predicted octanol–water partition coefficient (Wildman–Crippen LogP) is 2.87. The second kappa shape index (κ2) is 5.65. The summed E-state index contributed by atoms with van der Waals surface area (Å²) in [6.45, 7) is 2.62. The van der Waals surface area contributed by atoms with Gasteiger partial charge in [0.05, 0.1) is 18.4 Å². The minimum absolute atomic E-state index is 0.324. The van der Waals surface area contributed by atoms with Crippen molar-refractivity contribution >= 4 is 11.6 Å². The summed E-state index contributed by atoms with van der Waals surface area (Å²) in [6.07, 6.45) is 6.26. The zero-order valence-corrected chi connectivity index (χ0v) is 12.1. The number of rotatable bonds is 4. The standard InChI is InChI=1S/C14H13ClFN5/c1-2-14-17-3-4-20(14)8-12-9-21(19-18-12)13-6-10(15)5-11(16)7-13/h3-7,9H,2,8H2,1H3. The topological polar surface area (TPSA) is 48.5 Å². The molecule has 0 aliphatic rings. The van der Waals surface area contributed by atoms with Gasteiger partial charge in [-0.25, -0.2) is 14.1 Å². The van der Waals surface area contributed by atoms with Crippen LogP contribution >= 0.6 is 11.6 Å². The van der Waals surface area contributed by atoms with E-state index < -0.39 is 5.82 Å². The quantitative estimate of drug-likeness (QED) is 0.744. The normalized spacial score (nSPS) is 11.0. The Bertz CT molecular complexity index is 744. The molecule has 0 aliphatic carbocycles. The van der Waals surface area contributed by atoms with E-state index in [0.717, 1.165) is 17.9 Å². The highest BCUT2D eigenvalue weighted by Gasteiger charge is 2.08. The molecular formula is C14H13ClFN5. The maximum absolute atomic E-state index is 13.4. The van der Waals surface area contributed by atoms with Crippen LogP contribution in [0.5, 0.6) is 0 Å². The van der Waals surface area contributed by atoms with Crippen LogP contribution in [-0.2, 0) is 13.0 Å². The highest BCUT2D eigenvalue weighted by molar-refractivity contribution is 6.30. The van der Waals surface area contributed by atoms with Gasteiger partial charge in [0.1, 0.15) is 17.3 Å². The lowest BCUT2D eigenvalue weighted by Gasteiger charge is -2.03. The van der Waals surface area contributed by atoms with Gasteiger partial charge in [0, 0.05) is 23.8 Å². The summed E-state index contributed by atoms with van der Waals surface area (Å²) in [5, 5.41) is 8.44. The van der Waals surface area contributed by atoms with Crippen molar-refractivity contribution < 1.29 is 4.39 Å². The number of hydrogen-bond acceptors (Lipinski definition) is 3. The molecule has 7 heteroatoms. The van der Waals surface area contributed by atoms with Gasteiger partial charge in [-0.2, -0.15) is 0 Å².